The lowest BCUT2D eigenvalue weighted by atomic mass is 10.0. The fourth-order valence-corrected chi connectivity index (χ4v) is 3.35. The molecule has 1 fully saturated rings. The smallest absolute Gasteiger partial charge is 0.251 e. The maximum absolute atomic E-state index is 13.8. The highest BCUT2D eigenvalue weighted by Crippen LogP contribution is 2.20. The Kier molecular flexibility index (Phi) is 6.30. The van der Waals surface area contributed by atoms with Crippen LogP contribution in [-0.2, 0) is 0 Å². The number of hydrogen-bond donors (Lipinski definition) is 2. The van der Waals surface area contributed by atoms with Gasteiger partial charge in [0, 0.05) is 36.5 Å². The number of nitrogens with one attached hydrogen (secondary N) is 1. The number of pyridine rings is 1. The lowest BCUT2D eigenvalue weighted by molar-refractivity contribution is 0.0849. The number of piperidine rings is 1. The molecule has 1 atom stereocenters. The largest absolute Gasteiger partial charge is 0.395 e. The molecule has 1 aromatic carbocycles. The normalized spacial score (nSPS) is 17.8. The van der Waals surface area contributed by atoms with Gasteiger partial charge < -0.3 is 10.4 Å². The van der Waals surface area contributed by atoms with E-state index in [1.54, 1.807) is 36.5 Å². The molecule has 2 N–H and O–H groups in total. The molecule has 5 nitrogen and oxygen atoms in total. The third kappa shape index (κ3) is 4.45. The van der Waals surface area contributed by atoms with Gasteiger partial charge in [-0.15, -0.1) is 0 Å². The van der Waals surface area contributed by atoms with Crippen molar-refractivity contribution in [2.75, 3.05) is 26.2 Å². The first-order chi connectivity index (χ1) is 12.7. The molecule has 6 heteroatoms. The Morgan fingerprint density at radius 2 is 2.08 bits per heavy atom. The molecular weight excluding hydrogens is 333 g/mol. The molecule has 26 heavy (non-hydrogen) atoms. The molecule has 3 rings (SSSR count). The second kappa shape index (κ2) is 8.87. The first kappa shape index (κ1) is 18.5. The van der Waals surface area contributed by atoms with Gasteiger partial charge >= 0.3 is 0 Å². The van der Waals surface area contributed by atoms with E-state index >= 15 is 0 Å². The molecule has 0 aliphatic carbocycles. The third-order valence-electron chi connectivity index (χ3n) is 4.82. The average molecular weight is 357 g/mol. The summed E-state index contributed by atoms with van der Waals surface area (Å²) in [5.74, 6) is -0.541. The van der Waals surface area contributed by atoms with Gasteiger partial charge in [0.15, 0.2) is 0 Å². The molecule has 2 heterocycles. The van der Waals surface area contributed by atoms with E-state index in [4.69, 9.17) is 0 Å². The monoisotopic (exact) mass is 357 g/mol. The van der Waals surface area contributed by atoms with Gasteiger partial charge in [0.25, 0.3) is 5.91 Å². The summed E-state index contributed by atoms with van der Waals surface area (Å²) >= 11 is 0. The summed E-state index contributed by atoms with van der Waals surface area (Å²) in [7, 11) is 0. The lowest BCUT2D eigenvalue weighted by Crippen LogP contribution is -2.45. The van der Waals surface area contributed by atoms with Crippen LogP contribution in [0.2, 0.25) is 0 Å². The van der Waals surface area contributed by atoms with Crippen molar-refractivity contribution in [3.63, 3.8) is 0 Å². The van der Waals surface area contributed by atoms with E-state index in [0.717, 1.165) is 32.4 Å². The number of aliphatic hydroxyl groups excluding tert-OH is 1. The minimum Gasteiger partial charge on any atom is -0.395 e. The Morgan fingerprint density at radius 3 is 2.81 bits per heavy atom. The zero-order valence-electron chi connectivity index (χ0n) is 14.7. The van der Waals surface area contributed by atoms with E-state index in [1.165, 1.54) is 6.07 Å². The quantitative estimate of drug-likeness (QED) is 0.834. The second-order valence-corrected chi connectivity index (χ2v) is 6.54. The van der Waals surface area contributed by atoms with Crippen molar-refractivity contribution >= 4 is 5.91 Å². The Balaban J connectivity index is 1.54. The standard InChI is InChI=1S/C20H24FN3O2/c21-18-5-3-10-22-19(18)15-6-8-16(9-7-15)20(26)23-11-13-24-12-2-1-4-17(24)14-25/h3,5-10,17,25H,1-2,4,11-14H2,(H,23,26)/t17-/m1/s1. The van der Waals surface area contributed by atoms with Crippen LogP contribution in [0.25, 0.3) is 11.3 Å². The number of hydrogen-bond acceptors (Lipinski definition) is 4. The van der Waals surface area contributed by atoms with E-state index in [9.17, 15) is 14.3 Å². The number of benzene rings is 1. The van der Waals surface area contributed by atoms with Gasteiger partial charge in [0.05, 0.1) is 6.61 Å². The van der Waals surface area contributed by atoms with Crippen LogP contribution in [0, 0.1) is 5.82 Å². The highest BCUT2D eigenvalue weighted by atomic mass is 19.1. The molecule has 0 bridgehead atoms. The van der Waals surface area contributed by atoms with Crippen molar-refractivity contribution in [2.45, 2.75) is 25.3 Å². The Morgan fingerprint density at radius 1 is 1.27 bits per heavy atom. The van der Waals surface area contributed by atoms with Crippen molar-refractivity contribution < 1.29 is 14.3 Å². The molecule has 1 aromatic heterocycles. The third-order valence-corrected chi connectivity index (χ3v) is 4.82. The van der Waals surface area contributed by atoms with Crippen molar-refractivity contribution in [1.82, 2.24) is 15.2 Å². The molecule has 1 amide bonds. The van der Waals surface area contributed by atoms with Crippen LogP contribution in [0.1, 0.15) is 29.6 Å². The predicted molar refractivity (Wildman–Crippen MR) is 98.3 cm³/mol. The SMILES string of the molecule is O=C(NCCN1CCCC[C@@H]1CO)c1ccc(-c2ncccc2F)cc1. The highest BCUT2D eigenvalue weighted by molar-refractivity contribution is 5.94. The summed E-state index contributed by atoms with van der Waals surface area (Å²) in [5.41, 5.74) is 1.45. The number of carbonyl (C=O) groups excluding carboxylic acids is 1. The Bertz CT molecular complexity index is 736. The summed E-state index contributed by atoms with van der Waals surface area (Å²) in [6.07, 6.45) is 4.84. The van der Waals surface area contributed by atoms with Gasteiger partial charge in [-0.2, -0.15) is 0 Å². The van der Waals surface area contributed by atoms with Gasteiger partial charge in [0.1, 0.15) is 11.5 Å². The van der Waals surface area contributed by atoms with Crippen LogP contribution in [0.3, 0.4) is 0 Å². The lowest BCUT2D eigenvalue weighted by Gasteiger charge is -2.34. The van der Waals surface area contributed by atoms with E-state index < -0.39 is 0 Å². The van der Waals surface area contributed by atoms with E-state index in [-0.39, 0.29) is 30.1 Å². The summed E-state index contributed by atoms with van der Waals surface area (Å²) in [6.45, 7) is 2.39. The summed E-state index contributed by atoms with van der Waals surface area (Å²) in [4.78, 5) is 18.6. The summed E-state index contributed by atoms with van der Waals surface area (Å²) < 4.78 is 13.8. The van der Waals surface area contributed by atoms with Crippen LogP contribution in [-0.4, -0.2) is 53.2 Å². The van der Waals surface area contributed by atoms with Crippen LogP contribution < -0.4 is 5.32 Å². The topological polar surface area (TPSA) is 65.5 Å². The fraction of sp³-hybridized carbons (Fsp3) is 0.400. The van der Waals surface area contributed by atoms with Crippen molar-refractivity contribution in [3.05, 3.63) is 54.0 Å². The van der Waals surface area contributed by atoms with Crippen LogP contribution in [0.5, 0.6) is 0 Å². The van der Waals surface area contributed by atoms with Gasteiger partial charge in [-0.25, -0.2) is 4.39 Å². The average Bonchev–Trinajstić information content (AvgIpc) is 2.69. The minimum atomic E-state index is -0.385. The van der Waals surface area contributed by atoms with Gasteiger partial charge in [-0.3, -0.25) is 14.7 Å². The number of nitrogens with zero attached hydrogens (tertiary/aromatic N) is 2. The fourth-order valence-electron chi connectivity index (χ4n) is 3.35. The first-order valence-corrected chi connectivity index (χ1v) is 9.03. The first-order valence-electron chi connectivity index (χ1n) is 9.03. The van der Waals surface area contributed by atoms with Gasteiger partial charge in [0.2, 0.25) is 0 Å². The Hall–Kier alpha value is -2.31. The highest BCUT2D eigenvalue weighted by Gasteiger charge is 2.21. The summed E-state index contributed by atoms with van der Waals surface area (Å²) in [6, 6.07) is 9.87. The maximum atomic E-state index is 13.8. The summed E-state index contributed by atoms with van der Waals surface area (Å²) in [5, 5.41) is 12.3. The van der Waals surface area contributed by atoms with E-state index in [0.29, 0.717) is 17.7 Å². The number of likely N-dealkylation sites (tertiary alicyclic amines) is 1. The molecular formula is C20H24FN3O2. The predicted octanol–water partition coefficient (Wildman–Crippen LogP) is 2.46. The van der Waals surface area contributed by atoms with Crippen LogP contribution >= 0.6 is 0 Å². The molecule has 1 saturated heterocycles. The van der Waals surface area contributed by atoms with Crippen molar-refractivity contribution in [1.29, 1.82) is 0 Å². The molecule has 1 aliphatic heterocycles. The van der Waals surface area contributed by atoms with Crippen molar-refractivity contribution in [3.8, 4) is 11.3 Å². The molecule has 1 aliphatic rings. The minimum absolute atomic E-state index is 0.157. The molecule has 2 aromatic rings. The molecule has 0 unspecified atom stereocenters. The number of rotatable bonds is 6. The van der Waals surface area contributed by atoms with E-state index in [1.807, 2.05) is 0 Å². The molecule has 138 valence electrons. The molecule has 0 saturated carbocycles. The molecule has 0 radical (unpaired) electrons. The van der Waals surface area contributed by atoms with Crippen molar-refractivity contribution in [2.24, 2.45) is 0 Å². The zero-order valence-corrected chi connectivity index (χ0v) is 14.7. The van der Waals surface area contributed by atoms with Gasteiger partial charge in [-0.1, -0.05) is 18.6 Å². The van der Waals surface area contributed by atoms with Crippen LogP contribution in [0.15, 0.2) is 42.6 Å². The number of amides is 1. The van der Waals surface area contributed by atoms with Gasteiger partial charge in [-0.05, 0) is 43.7 Å². The zero-order chi connectivity index (χ0) is 18.4. The number of aliphatic hydroxyl groups is 1. The number of aromatic nitrogens is 1. The van der Waals surface area contributed by atoms with E-state index in [2.05, 4.69) is 15.2 Å². The molecule has 0 spiro atoms. The number of carbonyl (C=O) groups is 1. The number of halogens is 1. The Labute approximate surface area is 152 Å². The maximum Gasteiger partial charge on any atom is 0.251 e. The van der Waals surface area contributed by atoms with Crippen LogP contribution in [0.4, 0.5) is 4.39 Å². The second-order valence-electron chi connectivity index (χ2n) is 6.54.